The molecule has 0 spiro atoms. The second kappa shape index (κ2) is 4.35. The van der Waals surface area contributed by atoms with E-state index in [1.54, 1.807) is 13.2 Å². The third-order valence-corrected chi connectivity index (χ3v) is 1.99. The van der Waals surface area contributed by atoms with Gasteiger partial charge in [-0.25, -0.2) is 4.39 Å². The lowest BCUT2D eigenvalue weighted by Gasteiger charge is -2.14. The van der Waals surface area contributed by atoms with Gasteiger partial charge in [0.2, 0.25) is 0 Å². The fourth-order valence-corrected chi connectivity index (χ4v) is 1.38. The van der Waals surface area contributed by atoms with Crippen LogP contribution in [0.15, 0.2) is 18.2 Å². The molecule has 0 radical (unpaired) electrons. The lowest BCUT2D eigenvalue weighted by molar-refractivity contribution is 0.179. The number of methoxy groups -OCH3 is 1. The van der Waals surface area contributed by atoms with Crippen molar-refractivity contribution in [1.82, 2.24) is 0 Å². The molecule has 0 saturated heterocycles. The molecule has 2 N–H and O–H groups in total. The summed E-state index contributed by atoms with van der Waals surface area (Å²) >= 11 is 0. The Hall–Kier alpha value is -0.930. The highest BCUT2D eigenvalue weighted by Gasteiger charge is 2.12. The fourth-order valence-electron chi connectivity index (χ4n) is 1.38. The maximum absolute atomic E-state index is 13.3. The van der Waals surface area contributed by atoms with Gasteiger partial charge in [0.05, 0.1) is 12.6 Å². The maximum atomic E-state index is 13.3. The van der Waals surface area contributed by atoms with Crippen molar-refractivity contribution in [2.24, 2.45) is 5.73 Å². The zero-order valence-electron chi connectivity index (χ0n) is 7.88. The minimum Gasteiger partial charge on any atom is -0.383 e. The van der Waals surface area contributed by atoms with Crippen molar-refractivity contribution in [3.8, 4) is 0 Å². The van der Waals surface area contributed by atoms with Crippen LogP contribution in [0.25, 0.3) is 0 Å². The summed E-state index contributed by atoms with van der Waals surface area (Å²) in [5, 5.41) is 0. The van der Waals surface area contributed by atoms with E-state index < -0.39 is 0 Å². The average molecular weight is 183 g/mol. The van der Waals surface area contributed by atoms with E-state index in [-0.39, 0.29) is 11.9 Å². The first-order valence-electron chi connectivity index (χ1n) is 4.16. The van der Waals surface area contributed by atoms with E-state index in [1.807, 2.05) is 13.0 Å². The molecule has 0 aliphatic rings. The molecule has 0 aromatic heterocycles. The summed E-state index contributed by atoms with van der Waals surface area (Å²) in [6, 6.07) is 4.55. The summed E-state index contributed by atoms with van der Waals surface area (Å²) in [6.45, 7) is 2.18. The van der Waals surface area contributed by atoms with Gasteiger partial charge in [0, 0.05) is 12.7 Å². The molecular weight excluding hydrogens is 169 g/mol. The average Bonchev–Trinajstić information content (AvgIpc) is 2.04. The second-order valence-electron chi connectivity index (χ2n) is 3.03. The zero-order chi connectivity index (χ0) is 9.84. The summed E-state index contributed by atoms with van der Waals surface area (Å²) in [5.74, 6) is -0.260. The first-order valence-corrected chi connectivity index (χ1v) is 4.16. The van der Waals surface area contributed by atoms with Gasteiger partial charge in [-0.05, 0) is 18.6 Å². The summed E-state index contributed by atoms with van der Waals surface area (Å²) in [7, 11) is 1.55. The molecule has 1 atom stereocenters. The molecule has 1 aromatic rings. The topological polar surface area (TPSA) is 35.2 Å². The van der Waals surface area contributed by atoms with E-state index in [4.69, 9.17) is 10.5 Å². The molecule has 0 heterocycles. The Morgan fingerprint density at radius 2 is 2.23 bits per heavy atom. The number of nitrogens with two attached hydrogens (primary N) is 1. The van der Waals surface area contributed by atoms with Gasteiger partial charge in [-0.1, -0.05) is 12.1 Å². The fraction of sp³-hybridized carbons (Fsp3) is 0.400. The molecule has 0 aliphatic heterocycles. The van der Waals surface area contributed by atoms with Crippen molar-refractivity contribution >= 4 is 0 Å². The van der Waals surface area contributed by atoms with E-state index in [0.29, 0.717) is 12.2 Å². The van der Waals surface area contributed by atoms with E-state index in [1.165, 1.54) is 6.07 Å². The molecule has 0 amide bonds. The van der Waals surface area contributed by atoms with Gasteiger partial charge in [0.25, 0.3) is 0 Å². The number of hydrogen-bond acceptors (Lipinski definition) is 2. The quantitative estimate of drug-likeness (QED) is 0.775. The van der Waals surface area contributed by atoms with Crippen LogP contribution in [0.3, 0.4) is 0 Å². The minimum atomic E-state index is -0.383. The van der Waals surface area contributed by atoms with Crippen LogP contribution in [-0.4, -0.2) is 13.7 Å². The Kier molecular flexibility index (Phi) is 3.39. The smallest absolute Gasteiger partial charge is 0.128 e. The van der Waals surface area contributed by atoms with E-state index in [9.17, 15) is 4.39 Å². The Bertz CT molecular complexity index is 268. The molecule has 1 aromatic carbocycles. The normalized spacial score (nSPS) is 12.9. The number of aryl methyl sites for hydroxylation is 1. The highest BCUT2D eigenvalue weighted by molar-refractivity contribution is 5.30. The van der Waals surface area contributed by atoms with Crippen molar-refractivity contribution in [2.75, 3.05) is 13.7 Å². The molecule has 1 rings (SSSR count). The Balaban J connectivity index is 2.98. The standard InChI is InChI=1S/C10H14FNO/c1-7-4-3-5-8(11)10(7)9(12)6-13-2/h3-5,9H,6,12H2,1-2H3/t9-/m0/s1. The monoisotopic (exact) mass is 183 g/mol. The molecule has 72 valence electrons. The lowest BCUT2D eigenvalue weighted by atomic mass is 10.0. The van der Waals surface area contributed by atoms with Crippen molar-refractivity contribution < 1.29 is 9.13 Å². The van der Waals surface area contributed by atoms with Crippen LogP contribution < -0.4 is 5.73 Å². The van der Waals surface area contributed by atoms with E-state index in [2.05, 4.69) is 0 Å². The molecule has 3 heteroatoms. The van der Waals surface area contributed by atoms with Crippen LogP contribution in [0.4, 0.5) is 4.39 Å². The van der Waals surface area contributed by atoms with Gasteiger partial charge < -0.3 is 10.5 Å². The number of ether oxygens (including phenoxy) is 1. The van der Waals surface area contributed by atoms with Gasteiger partial charge in [-0.2, -0.15) is 0 Å². The summed E-state index contributed by atoms with van der Waals surface area (Å²) < 4.78 is 18.2. The number of halogens is 1. The predicted molar refractivity (Wildman–Crippen MR) is 49.9 cm³/mol. The predicted octanol–water partition coefficient (Wildman–Crippen LogP) is 1.78. The van der Waals surface area contributed by atoms with E-state index >= 15 is 0 Å². The van der Waals surface area contributed by atoms with Crippen LogP contribution >= 0.6 is 0 Å². The second-order valence-corrected chi connectivity index (χ2v) is 3.03. The number of benzene rings is 1. The van der Waals surface area contributed by atoms with Gasteiger partial charge in [0.15, 0.2) is 0 Å². The van der Waals surface area contributed by atoms with Crippen molar-refractivity contribution in [2.45, 2.75) is 13.0 Å². The molecular formula is C10H14FNO. The molecule has 0 fully saturated rings. The van der Waals surface area contributed by atoms with Gasteiger partial charge in [-0.15, -0.1) is 0 Å². The maximum Gasteiger partial charge on any atom is 0.128 e. The van der Waals surface area contributed by atoms with Crippen LogP contribution in [0, 0.1) is 12.7 Å². The van der Waals surface area contributed by atoms with E-state index in [0.717, 1.165) is 5.56 Å². The first kappa shape index (κ1) is 10.2. The minimum absolute atomic E-state index is 0.260. The first-order chi connectivity index (χ1) is 6.16. The summed E-state index contributed by atoms with van der Waals surface area (Å²) in [5.41, 5.74) is 7.15. The SMILES string of the molecule is COC[C@H](N)c1c(C)cccc1F. The highest BCUT2D eigenvalue weighted by Crippen LogP contribution is 2.19. The van der Waals surface area contributed by atoms with Crippen molar-refractivity contribution in [3.63, 3.8) is 0 Å². The largest absolute Gasteiger partial charge is 0.383 e. The molecule has 2 nitrogen and oxygen atoms in total. The Labute approximate surface area is 77.5 Å². The third kappa shape index (κ3) is 2.26. The highest BCUT2D eigenvalue weighted by atomic mass is 19.1. The molecule has 13 heavy (non-hydrogen) atoms. The number of rotatable bonds is 3. The van der Waals surface area contributed by atoms with Crippen LogP contribution in [0.2, 0.25) is 0 Å². The lowest BCUT2D eigenvalue weighted by Crippen LogP contribution is -2.18. The third-order valence-electron chi connectivity index (χ3n) is 1.99. The Morgan fingerprint density at radius 3 is 2.77 bits per heavy atom. The van der Waals surface area contributed by atoms with Crippen LogP contribution in [-0.2, 0) is 4.74 Å². The van der Waals surface area contributed by atoms with Crippen LogP contribution in [0.1, 0.15) is 17.2 Å². The summed E-state index contributed by atoms with van der Waals surface area (Å²) in [6.07, 6.45) is 0. The van der Waals surface area contributed by atoms with Crippen molar-refractivity contribution in [3.05, 3.63) is 35.1 Å². The molecule has 0 aliphatic carbocycles. The van der Waals surface area contributed by atoms with Gasteiger partial charge in [0.1, 0.15) is 5.82 Å². The number of hydrogen-bond donors (Lipinski definition) is 1. The Morgan fingerprint density at radius 1 is 1.54 bits per heavy atom. The molecule has 0 unspecified atom stereocenters. The van der Waals surface area contributed by atoms with Crippen LogP contribution in [0.5, 0.6) is 0 Å². The van der Waals surface area contributed by atoms with Crippen molar-refractivity contribution in [1.29, 1.82) is 0 Å². The zero-order valence-corrected chi connectivity index (χ0v) is 7.88. The molecule has 0 saturated carbocycles. The van der Waals surface area contributed by atoms with Gasteiger partial charge >= 0.3 is 0 Å². The van der Waals surface area contributed by atoms with Gasteiger partial charge in [-0.3, -0.25) is 0 Å². The summed E-state index contributed by atoms with van der Waals surface area (Å²) in [4.78, 5) is 0. The molecule has 0 bridgehead atoms.